The molecule has 1 amide bonds. The van der Waals surface area contributed by atoms with Crippen molar-refractivity contribution in [2.75, 3.05) is 32.9 Å². The van der Waals surface area contributed by atoms with Gasteiger partial charge in [-0.1, -0.05) is 47.1 Å². The van der Waals surface area contributed by atoms with Crippen LogP contribution in [0.2, 0.25) is 5.02 Å². The molecule has 2 aromatic carbocycles. The smallest absolute Gasteiger partial charge is 0.261 e. The molecule has 3 N–H and O–H groups in total. The van der Waals surface area contributed by atoms with Gasteiger partial charge in [0.2, 0.25) is 0 Å². The number of halogens is 1. The van der Waals surface area contributed by atoms with Crippen LogP contribution in [-0.4, -0.2) is 49.6 Å². The third-order valence-corrected chi connectivity index (χ3v) is 5.09. The summed E-state index contributed by atoms with van der Waals surface area (Å²) in [5.41, 5.74) is 8.89. The molecule has 1 aliphatic rings. The van der Waals surface area contributed by atoms with Crippen molar-refractivity contribution in [3.05, 3.63) is 70.2 Å². The minimum atomic E-state index is -0.282. The van der Waals surface area contributed by atoms with E-state index in [0.29, 0.717) is 5.02 Å². The summed E-state index contributed by atoms with van der Waals surface area (Å²) < 4.78 is 5.38. The number of nitrogens with two attached hydrogens (primary N) is 1. The molecule has 1 saturated heterocycles. The fourth-order valence-electron chi connectivity index (χ4n) is 3.18. The van der Waals surface area contributed by atoms with Crippen LogP contribution in [0.1, 0.15) is 29.7 Å². The summed E-state index contributed by atoms with van der Waals surface area (Å²) in [6, 6.07) is 15.0. The highest BCUT2D eigenvalue weighted by molar-refractivity contribution is 6.30. The Morgan fingerprint density at radius 2 is 2.00 bits per heavy atom. The largest absolute Gasteiger partial charge is 0.384 e. The van der Waals surface area contributed by atoms with Gasteiger partial charge in [-0.2, -0.15) is 0 Å². The van der Waals surface area contributed by atoms with E-state index in [9.17, 15) is 4.79 Å². The Morgan fingerprint density at radius 3 is 2.73 bits per heavy atom. The third kappa shape index (κ3) is 6.73. The second kappa shape index (κ2) is 11.0. The quantitative estimate of drug-likeness (QED) is 0.382. The van der Waals surface area contributed by atoms with Crippen LogP contribution in [0.5, 0.6) is 0 Å². The van der Waals surface area contributed by atoms with Gasteiger partial charge in [0.1, 0.15) is 0 Å². The fraction of sp³-hybridized carbons (Fsp3) is 0.364. The molecular weight excluding hydrogens is 404 g/mol. The molecule has 0 saturated carbocycles. The van der Waals surface area contributed by atoms with E-state index < -0.39 is 0 Å². The van der Waals surface area contributed by atoms with Crippen molar-refractivity contribution < 1.29 is 14.4 Å². The minimum Gasteiger partial charge on any atom is -0.384 e. The maximum absolute atomic E-state index is 12.1. The number of hydrogen-bond donors (Lipinski definition) is 2. The van der Waals surface area contributed by atoms with Crippen LogP contribution >= 0.6 is 11.6 Å². The third-order valence-electron chi connectivity index (χ3n) is 4.84. The number of hydrogen-bond acceptors (Lipinski definition) is 5. The lowest BCUT2D eigenvalue weighted by atomic mass is 10.1. The van der Waals surface area contributed by atoms with Gasteiger partial charge in [-0.25, -0.2) is 0 Å². The molecule has 0 bridgehead atoms. The Kier molecular flexibility index (Phi) is 8.07. The maximum Gasteiger partial charge on any atom is 0.261 e. The minimum absolute atomic E-state index is 0.170. The number of morpholine rings is 1. The second-order valence-corrected chi connectivity index (χ2v) is 7.62. The van der Waals surface area contributed by atoms with Gasteiger partial charge in [0, 0.05) is 30.2 Å². The Labute approximate surface area is 181 Å². The molecule has 30 heavy (non-hydrogen) atoms. The van der Waals surface area contributed by atoms with Gasteiger partial charge < -0.3 is 20.6 Å². The molecule has 1 atom stereocenters. The van der Waals surface area contributed by atoms with Crippen molar-refractivity contribution >= 4 is 23.3 Å². The van der Waals surface area contributed by atoms with Crippen LogP contribution < -0.4 is 11.1 Å². The molecule has 0 radical (unpaired) electrons. The van der Waals surface area contributed by atoms with E-state index in [1.165, 1.54) is 0 Å². The van der Waals surface area contributed by atoms with Gasteiger partial charge >= 0.3 is 0 Å². The normalized spacial score (nSPS) is 16.1. The van der Waals surface area contributed by atoms with Gasteiger partial charge in [0.15, 0.2) is 12.4 Å². The van der Waals surface area contributed by atoms with Crippen molar-refractivity contribution in [1.82, 2.24) is 10.2 Å². The first-order chi connectivity index (χ1) is 14.5. The molecule has 0 aliphatic carbocycles. The molecule has 0 spiro atoms. The molecule has 1 heterocycles. The summed E-state index contributed by atoms with van der Waals surface area (Å²) in [4.78, 5) is 19.6. The van der Waals surface area contributed by atoms with E-state index in [1.807, 2.05) is 37.3 Å². The van der Waals surface area contributed by atoms with E-state index in [2.05, 4.69) is 21.4 Å². The number of carbonyl (C=O) groups excluding carboxylic acids is 1. The molecular formula is C22H27ClN4O3. The lowest BCUT2D eigenvalue weighted by Crippen LogP contribution is -2.35. The van der Waals surface area contributed by atoms with E-state index in [0.717, 1.165) is 49.5 Å². The zero-order valence-electron chi connectivity index (χ0n) is 17.0. The average Bonchev–Trinajstić information content (AvgIpc) is 2.75. The van der Waals surface area contributed by atoms with Crippen molar-refractivity contribution in [1.29, 1.82) is 0 Å². The van der Waals surface area contributed by atoms with Crippen LogP contribution in [0.3, 0.4) is 0 Å². The van der Waals surface area contributed by atoms with Crippen molar-refractivity contribution in [2.45, 2.75) is 19.5 Å². The first-order valence-corrected chi connectivity index (χ1v) is 10.3. The molecule has 7 nitrogen and oxygen atoms in total. The number of benzene rings is 2. The first-order valence-electron chi connectivity index (χ1n) is 9.91. The number of nitrogens with zero attached hydrogens (tertiary/aromatic N) is 2. The van der Waals surface area contributed by atoms with Crippen LogP contribution in [0.4, 0.5) is 0 Å². The zero-order chi connectivity index (χ0) is 21.3. The van der Waals surface area contributed by atoms with Crippen LogP contribution in [-0.2, 0) is 20.9 Å². The standard InChI is InChI=1S/C22H27ClN4O3/c1-16(18-5-7-20(23)8-6-18)25-21(28)15-30-26-22(24)19-4-2-3-17(13-19)14-27-9-11-29-12-10-27/h2-8,13,16H,9-12,14-15H2,1H3,(H2,24,26)(H,25,28). The van der Waals surface area contributed by atoms with Gasteiger partial charge in [-0.15, -0.1) is 0 Å². The highest BCUT2D eigenvalue weighted by Crippen LogP contribution is 2.16. The van der Waals surface area contributed by atoms with Gasteiger partial charge in [0.25, 0.3) is 5.91 Å². The average molecular weight is 431 g/mol. The summed E-state index contributed by atoms with van der Waals surface area (Å²) in [5.74, 6) is -0.0487. The van der Waals surface area contributed by atoms with Gasteiger partial charge in [-0.05, 0) is 36.2 Å². The predicted molar refractivity (Wildman–Crippen MR) is 117 cm³/mol. The molecule has 1 unspecified atom stereocenters. The summed E-state index contributed by atoms with van der Waals surface area (Å²) in [6.07, 6.45) is 0. The molecule has 1 fully saturated rings. The lowest BCUT2D eigenvalue weighted by molar-refractivity contribution is -0.126. The summed E-state index contributed by atoms with van der Waals surface area (Å²) in [7, 11) is 0. The van der Waals surface area contributed by atoms with Crippen LogP contribution in [0.15, 0.2) is 53.7 Å². The maximum atomic E-state index is 12.1. The number of carbonyl (C=O) groups is 1. The predicted octanol–water partition coefficient (Wildman–Crippen LogP) is 2.69. The topological polar surface area (TPSA) is 89.2 Å². The Balaban J connectivity index is 1.48. The summed E-state index contributed by atoms with van der Waals surface area (Å²) in [6.45, 7) is 5.85. The van der Waals surface area contributed by atoms with E-state index >= 15 is 0 Å². The monoisotopic (exact) mass is 430 g/mol. The zero-order valence-corrected chi connectivity index (χ0v) is 17.8. The molecule has 8 heteroatoms. The second-order valence-electron chi connectivity index (χ2n) is 7.18. The number of amides is 1. The Bertz CT molecular complexity index is 867. The summed E-state index contributed by atoms with van der Waals surface area (Å²) in [5, 5.41) is 7.40. The van der Waals surface area contributed by atoms with Crippen LogP contribution in [0.25, 0.3) is 0 Å². The highest BCUT2D eigenvalue weighted by atomic mass is 35.5. The molecule has 3 rings (SSSR count). The Morgan fingerprint density at radius 1 is 1.27 bits per heavy atom. The number of oxime groups is 1. The first kappa shape index (κ1) is 22.1. The number of nitrogens with one attached hydrogen (secondary N) is 1. The van der Waals surface area contributed by atoms with Gasteiger partial charge in [0.05, 0.1) is 19.3 Å². The lowest BCUT2D eigenvalue weighted by Gasteiger charge is -2.26. The number of ether oxygens (including phenoxy) is 1. The van der Waals surface area contributed by atoms with E-state index in [1.54, 1.807) is 12.1 Å². The highest BCUT2D eigenvalue weighted by Gasteiger charge is 2.12. The fourth-order valence-corrected chi connectivity index (χ4v) is 3.30. The molecule has 2 aromatic rings. The molecule has 0 aromatic heterocycles. The number of rotatable bonds is 8. The Hall–Kier alpha value is -2.61. The number of amidine groups is 1. The molecule has 160 valence electrons. The van der Waals surface area contributed by atoms with E-state index in [-0.39, 0.29) is 24.4 Å². The van der Waals surface area contributed by atoms with Crippen molar-refractivity contribution in [2.24, 2.45) is 10.9 Å². The van der Waals surface area contributed by atoms with E-state index in [4.69, 9.17) is 26.9 Å². The SMILES string of the molecule is CC(NC(=O)CON=C(N)c1cccc(CN2CCOCC2)c1)c1ccc(Cl)cc1. The van der Waals surface area contributed by atoms with Crippen molar-refractivity contribution in [3.8, 4) is 0 Å². The van der Waals surface area contributed by atoms with Crippen LogP contribution in [0, 0.1) is 0 Å². The summed E-state index contributed by atoms with van der Waals surface area (Å²) >= 11 is 5.89. The molecule has 1 aliphatic heterocycles. The van der Waals surface area contributed by atoms with Gasteiger partial charge in [-0.3, -0.25) is 9.69 Å². The van der Waals surface area contributed by atoms with Crippen molar-refractivity contribution in [3.63, 3.8) is 0 Å².